The summed E-state index contributed by atoms with van der Waals surface area (Å²) in [6.45, 7) is 14.8. The second-order valence-corrected chi connectivity index (χ2v) is 15.8. The average Bonchev–Trinajstić information content (AvgIpc) is 3.65. The Morgan fingerprint density at radius 3 is 1.81 bits per heavy atom. The molecule has 2 heterocycles. The molecule has 13 heteroatoms. The van der Waals surface area contributed by atoms with Gasteiger partial charge < -0.3 is 24.9 Å². The van der Waals surface area contributed by atoms with Crippen LogP contribution in [0.4, 0.5) is 14.4 Å². The van der Waals surface area contributed by atoms with E-state index in [4.69, 9.17) is 19.9 Å². The summed E-state index contributed by atoms with van der Waals surface area (Å²) < 4.78 is 17.7. The van der Waals surface area contributed by atoms with Crippen molar-refractivity contribution in [3.05, 3.63) is 94.7 Å². The molecule has 0 bridgehead atoms. The zero-order valence-corrected chi connectivity index (χ0v) is 32.2. The van der Waals surface area contributed by atoms with Gasteiger partial charge in [-0.3, -0.25) is 14.2 Å². The number of imide groups is 3. The van der Waals surface area contributed by atoms with Crippen molar-refractivity contribution < 1.29 is 38.2 Å². The lowest BCUT2D eigenvalue weighted by molar-refractivity contribution is 0.00396. The summed E-state index contributed by atoms with van der Waals surface area (Å²) in [4.78, 5) is 67.2. The maximum absolute atomic E-state index is 13.7. The quantitative estimate of drug-likeness (QED) is 0.171. The molecule has 0 unspecified atom stereocenters. The van der Waals surface area contributed by atoms with Crippen LogP contribution in [0.5, 0.6) is 0 Å². The number of aromatic nitrogens is 2. The van der Waals surface area contributed by atoms with Crippen LogP contribution < -0.4 is 5.73 Å². The summed E-state index contributed by atoms with van der Waals surface area (Å²) in [5.41, 5.74) is 6.12. The number of hydrogen-bond acceptors (Lipinski definition) is 8. The molecule has 5 aromatic rings. The summed E-state index contributed by atoms with van der Waals surface area (Å²) in [5.74, 6) is -1.43. The molecule has 0 aliphatic carbocycles. The van der Waals surface area contributed by atoms with Crippen LogP contribution in [0.3, 0.4) is 0 Å². The van der Waals surface area contributed by atoms with E-state index >= 15 is 0 Å². The van der Waals surface area contributed by atoms with Crippen molar-refractivity contribution in [1.82, 2.24) is 14.5 Å². The highest BCUT2D eigenvalue weighted by Gasteiger charge is 2.38. The minimum Gasteiger partial charge on any atom is -0.443 e. The molecule has 0 radical (unpaired) electrons. The van der Waals surface area contributed by atoms with Gasteiger partial charge in [-0.25, -0.2) is 14.4 Å². The Bertz CT molecular complexity index is 2120. The van der Waals surface area contributed by atoms with Gasteiger partial charge in [-0.05, 0) is 110 Å². The number of nitrogens with one attached hydrogen (secondary N) is 1. The highest BCUT2D eigenvalue weighted by atomic mass is 79.9. The monoisotopic (exact) mass is 774 g/mol. The maximum Gasteiger partial charge on any atom is 0.427 e. The second kappa shape index (κ2) is 15.0. The average molecular weight is 776 g/mol. The van der Waals surface area contributed by atoms with E-state index in [0.717, 1.165) is 26.6 Å². The third-order valence-corrected chi connectivity index (χ3v) is 7.41. The highest BCUT2D eigenvalue weighted by Crippen LogP contribution is 2.30. The molecule has 4 amide bonds. The Morgan fingerprint density at radius 2 is 1.27 bits per heavy atom. The van der Waals surface area contributed by atoms with E-state index in [0.29, 0.717) is 20.3 Å². The van der Waals surface area contributed by atoms with Crippen LogP contribution in [0, 0.1) is 0 Å². The van der Waals surface area contributed by atoms with Gasteiger partial charge in [-0.2, -0.15) is 0 Å². The van der Waals surface area contributed by atoms with Crippen LogP contribution in [0.2, 0.25) is 0 Å². The van der Waals surface area contributed by atoms with Gasteiger partial charge >= 0.3 is 18.3 Å². The standard InChI is InChI=1S/C24H31BrN2O7.C15H12N2O/c1-22(2,3)32-19(29)26-11-10-14-12-15(25)13-16(17(14)26)18(28)27(20(30)33-23(4,5)6)21(31)34-24(7,8)9;16-15(18)13-9-12(10-4-2-1-3-5-10)8-11-6-7-17-14(11)13/h10-13H,1-9H3;1-9,17H,(H2,16,18). The van der Waals surface area contributed by atoms with E-state index in [2.05, 4.69) is 20.9 Å². The van der Waals surface area contributed by atoms with Crippen molar-refractivity contribution in [2.75, 3.05) is 0 Å². The number of ether oxygens (including phenoxy) is 3. The molecule has 0 aliphatic rings. The molecule has 3 aromatic carbocycles. The molecule has 3 N–H and O–H groups in total. The van der Waals surface area contributed by atoms with E-state index in [1.165, 1.54) is 12.3 Å². The number of nitrogens with zero attached hydrogens (tertiary/aromatic N) is 2. The number of benzene rings is 3. The van der Waals surface area contributed by atoms with E-state index in [-0.39, 0.29) is 11.1 Å². The predicted octanol–water partition coefficient (Wildman–Crippen LogP) is 9.43. The van der Waals surface area contributed by atoms with Crippen LogP contribution in [-0.4, -0.2) is 61.3 Å². The van der Waals surface area contributed by atoms with Crippen LogP contribution in [0.1, 0.15) is 83.0 Å². The molecule has 0 aliphatic heterocycles. The topological polar surface area (TPSA) is 163 Å². The lowest BCUT2D eigenvalue weighted by Gasteiger charge is -2.27. The predicted molar refractivity (Wildman–Crippen MR) is 202 cm³/mol. The normalized spacial score (nSPS) is 11.7. The molecule has 0 spiro atoms. The molecular formula is C39H43BrN4O8. The third kappa shape index (κ3) is 9.87. The number of carbonyl (C=O) groups excluding carboxylic acids is 5. The number of aromatic amines is 1. The zero-order valence-electron chi connectivity index (χ0n) is 30.6. The third-order valence-electron chi connectivity index (χ3n) is 6.96. The number of carbonyl (C=O) groups is 5. The molecule has 2 aromatic heterocycles. The molecule has 0 saturated carbocycles. The molecule has 5 rings (SSSR count). The number of fused-ring (bicyclic) bond motifs is 2. The summed E-state index contributed by atoms with van der Waals surface area (Å²) >= 11 is 3.34. The lowest BCUT2D eigenvalue weighted by atomic mass is 10.0. The first kappa shape index (κ1) is 39.4. The van der Waals surface area contributed by atoms with Gasteiger partial charge in [0.2, 0.25) is 0 Å². The number of nitrogens with two attached hydrogens (primary N) is 1. The van der Waals surface area contributed by atoms with Crippen molar-refractivity contribution in [2.45, 2.75) is 79.1 Å². The summed E-state index contributed by atoms with van der Waals surface area (Å²) in [5, 5.41) is 1.50. The fourth-order valence-electron chi connectivity index (χ4n) is 5.01. The minimum absolute atomic E-state index is 0.100. The van der Waals surface area contributed by atoms with Crippen molar-refractivity contribution in [2.24, 2.45) is 5.73 Å². The smallest absolute Gasteiger partial charge is 0.427 e. The summed E-state index contributed by atoms with van der Waals surface area (Å²) in [6, 6.07) is 20.5. The molecule has 0 atom stereocenters. The molecular weight excluding hydrogens is 732 g/mol. The molecule has 12 nitrogen and oxygen atoms in total. The van der Waals surface area contributed by atoms with Gasteiger partial charge in [0, 0.05) is 27.6 Å². The van der Waals surface area contributed by atoms with Crippen molar-refractivity contribution in [1.29, 1.82) is 0 Å². The first-order valence-electron chi connectivity index (χ1n) is 16.4. The Morgan fingerprint density at radius 1 is 0.692 bits per heavy atom. The van der Waals surface area contributed by atoms with Gasteiger partial charge in [0.15, 0.2) is 0 Å². The maximum atomic E-state index is 13.7. The summed E-state index contributed by atoms with van der Waals surface area (Å²) in [6.07, 6.45) is 0.143. The fraction of sp³-hybridized carbons (Fsp3) is 0.308. The van der Waals surface area contributed by atoms with Crippen LogP contribution in [0.25, 0.3) is 32.9 Å². The number of halogens is 1. The minimum atomic E-state index is -1.20. The van der Waals surface area contributed by atoms with Crippen LogP contribution >= 0.6 is 15.9 Å². The van der Waals surface area contributed by atoms with Gasteiger partial charge in [-0.1, -0.05) is 46.3 Å². The SMILES string of the molecule is CC(C)(C)OC(=O)N(C(=O)OC(C)(C)C)C(=O)c1cc(Br)cc2ccn(C(=O)OC(C)(C)C)c12.NC(=O)c1cc(-c2ccccc2)cc2cc[nH]c12. The van der Waals surface area contributed by atoms with E-state index in [1.807, 2.05) is 54.7 Å². The van der Waals surface area contributed by atoms with E-state index < -0.39 is 46.9 Å². The first-order valence-corrected chi connectivity index (χ1v) is 17.1. The number of hydrogen-bond donors (Lipinski definition) is 2. The lowest BCUT2D eigenvalue weighted by Crippen LogP contribution is -2.47. The zero-order chi connectivity index (χ0) is 38.8. The second-order valence-electron chi connectivity index (χ2n) is 14.9. The largest absolute Gasteiger partial charge is 0.443 e. The van der Waals surface area contributed by atoms with Crippen LogP contribution in [0.15, 0.2) is 83.6 Å². The highest BCUT2D eigenvalue weighted by molar-refractivity contribution is 9.10. The fourth-order valence-corrected chi connectivity index (χ4v) is 5.49. The number of rotatable bonds is 3. The Labute approximate surface area is 310 Å². The van der Waals surface area contributed by atoms with Crippen LogP contribution in [-0.2, 0) is 14.2 Å². The number of primary amides is 1. The van der Waals surface area contributed by atoms with E-state index in [9.17, 15) is 24.0 Å². The Hall–Kier alpha value is -5.43. The van der Waals surface area contributed by atoms with Gasteiger partial charge in [0.1, 0.15) is 16.8 Å². The molecule has 52 heavy (non-hydrogen) atoms. The van der Waals surface area contributed by atoms with Gasteiger partial charge in [0.25, 0.3) is 11.8 Å². The van der Waals surface area contributed by atoms with E-state index in [1.54, 1.807) is 74.4 Å². The Kier molecular flexibility index (Phi) is 11.4. The molecule has 274 valence electrons. The number of amides is 4. The van der Waals surface area contributed by atoms with Crippen molar-refractivity contribution >= 4 is 67.8 Å². The van der Waals surface area contributed by atoms with Crippen molar-refractivity contribution in [3.63, 3.8) is 0 Å². The Balaban J connectivity index is 0.000000279. The molecule has 0 saturated heterocycles. The van der Waals surface area contributed by atoms with Gasteiger partial charge in [0.05, 0.1) is 22.2 Å². The molecule has 0 fully saturated rings. The summed E-state index contributed by atoms with van der Waals surface area (Å²) in [7, 11) is 0. The first-order chi connectivity index (χ1) is 24.0. The van der Waals surface area contributed by atoms with Crippen molar-refractivity contribution in [3.8, 4) is 11.1 Å². The number of H-pyrrole nitrogens is 1. The van der Waals surface area contributed by atoms with Gasteiger partial charge in [-0.15, -0.1) is 4.90 Å².